The average molecular weight is 390 g/mol. The third-order valence-corrected chi connectivity index (χ3v) is 8.19. The highest BCUT2D eigenvalue weighted by Gasteiger charge is 2.53. The van der Waals surface area contributed by atoms with E-state index >= 15 is 0 Å². The van der Waals surface area contributed by atoms with Crippen LogP contribution in [0.4, 0.5) is 4.79 Å². The van der Waals surface area contributed by atoms with Gasteiger partial charge in [0.1, 0.15) is 0 Å². The first-order valence-corrected chi connectivity index (χ1v) is 11.9. The van der Waals surface area contributed by atoms with Crippen molar-refractivity contribution in [2.75, 3.05) is 6.54 Å². The molecule has 5 fully saturated rings. The second kappa shape index (κ2) is 8.62. The lowest BCUT2D eigenvalue weighted by Gasteiger charge is -2.59. The Kier molecular flexibility index (Phi) is 6.17. The number of hydrogen-bond donors (Lipinski definition) is 3. The number of nitrogens with one attached hydrogen (secondary N) is 3. The molecule has 0 saturated heterocycles. The Balaban J connectivity index is 1.13. The van der Waals surface area contributed by atoms with E-state index in [0.29, 0.717) is 30.8 Å². The molecular weight excluding hydrogens is 350 g/mol. The molecule has 0 aromatic heterocycles. The third-order valence-electron chi connectivity index (χ3n) is 8.19. The molecule has 1 atom stereocenters. The van der Waals surface area contributed by atoms with Gasteiger partial charge in [-0.3, -0.25) is 4.79 Å². The minimum atomic E-state index is -0.0748. The van der Waals surface area contributed by atoms with Crippen molar-refractivity contribution < 1.29 is 9.59 Å². The molecule has 5 nitrogen and oxygen atoms in total. The summed E-state index contributed by atoms with van der Waals surface area (Å²) in [4.78, 5) is 24.4. The van der Waals surface area contributed by atoms with Crippen molar-refractivity contribution in [1.82, 2.24) is 16.0 Å². The Labute approximate surface area is 170 Å². The van der Waals surface area contributed by atoms with Gasteiger partial charge in [-0.2, -0.15) is 0 Å². The fraction of sp³-hybridized carbons (Fsp3) is 0.913. The number of carbonyl (C=O) groups excluding carboxylic acids is 2. The van der Waals surface area contributed by atoms with Crippen LogP contribution in [0, 0.1) is 23.2 Å². The molecule has 5 saturated carbocycles. The van der Waals surface area contributed by atoms with E-state index in [1.807, 2.05) is 0 Å². The highest BCUT2D eigenvalue weighted by Crippen LogP contribution is 2.61. The fourth-order valence-electron chi connectivity index (χ4n) is 7.11. The monoisotopic (exact) mass is 389 g/mol. The molecule has 158 valence electrons. The fourth-order valence-corrected chi connectivity index (χ4v) is 7.11. The molecule has 0 heterocycles. The quantitative estimate of drug-likeness (QED) is 0.573. The predicted octanol–water partition coefficient (Wildman–Crippen LogP) is 4.12. The molecular formula is C23H39N3O2. The summed E-state index contributed by atoms with van der Waals surface area (Å²) in [6, 6.07) is 0.545. The first-order valence-electron chi connectivity index (χ1n) is 11.9. The molecule has 0 radical (unpaired) electrons. The van der Waals surface area contributed by atoms with Crippen LogP contribution in [0.1, 0.15) is 90.4 Å². The van der Waals surface area contributed by atoms with Crippen molar-refractivity contribution in [3.05, 3.63) is 0 Å². The van der Waals surface area contributed by atoms with Gasteiger partial charge in [-0.1, -0.05) is 19.3 Å². The highest BCUT2D eigenvalue weighted by molar-refractivity contribution is 5.76. The second-order valence-corrected chi connectivity index (χ2v) is 10.4. The van der Waals surface area contributed by atoms with E-state index < -0.39 is 0 Å². The van der Waals surface area contributed by atoms with Crippen LogP contribution in [-0.2, 0) is 4.79 Å². The standard InChI is InChI=1S/C23H39N3O2/c1-16(23-13-17-10-18(14-23)12-19(11-17)15-23)25-21(27)8-5-9-24-22(28)26-20-6-3-2-4-7-20/h16-20H,2-15H2,1H3,(H,25,27)(H2,24,26,28). The zero-order valence-electron chi connectivity index (χ0n) is 17.6. The summed E-state index contributed by atoms with van der Waals surface area (Å²) in [5, 5.41) is 9.30. The Morgan fingerprint density at radius 1 is 0.964 bits per heavy atom. The van der Waals surface area contributed by atoms with Gasteiger partial charge in [0.05, 0.1) is 0 Å². The lowest BCUT2D eigenvalue weighted by molar-refractivity contribution is -0.126. The minimum Gasteiger partial charge on any atom is -0.353 e. The molecule has 28 heavy (non-hydrogen) atoms. The molecule has 5 aliphatic carbocycles. The lowest BCUT2D eigenvalue weighted by Crippen LogP contribution is -2.55. The molecule has 5 heteroatoms. The molecule has 3 amide bonds. The summed E-state index contributed by atoms with van der Waals surface area (Å²) in [6.45, 7) is 2.80. The Hall–Kier alpha value is -1.26. The van der Waals surface area contributed by atoms with E-state index in [1.54, 1.807) is 0 Å². The van der Waals surface area contributed by atoms with Gasteiger partial charge in [-0.15, -0.1) is 0 Å². The summed E-state index contributed by atoms with van der Waals surface area (Å²) in [5.74, 6) is 2.89. The van der Waals surface area contributed by atoms with Crippen molar-refractivity contribution >= 4 is 11.9 Å². The SMILES string of the molecule is CC(NC(=O)CCCNC(=O)NC1CCCCC1)C12CC3CC(CC(C3)C1)C2. The summed E-state index contributed by atoms with van der Waals surface area (Å²) in [7, 11) is 0. The van der Waals surface area contributed by atoms with E-state index in [0.717, 1.165) is 30.6 Å². The molecule has 0 aromatic carbocycles. The van der Waals surface area contributed by atoms with Crippen LogP contribution < -0.4 is 16.0 Å². The minimum absolute atomic E-state index is 0.0748. The van der Waals surface area contributed by atoms with Gasteiger partial charge in [0, 0.05) is 25.0 Å². The first kappa shape index (κ1) is 20.0. The molecule has 4 bridgehead atoms. The summed E-state index contributed by atoms with van der Waals surface area (Å²) >= 11 is 0. The highest BCUT2D eigenvalue weighted by atomic mass is 16.2. The van der Waals surface area contributed by atoms with Crippen LogP contribution in [0.15, 0.2) is 0 Å². The normalized spacial score (nSPS) is 35.4. The molecule has 0 aromatic rings. The maximum absolute atomic E-state index is 12.5. The van der Waals surface area contributed by atoms with Crippen LogP contribution in [0.2, 0.25) is 0 Å². The van der Waals surface area contributed by atoms with E-state index in [4.69, 9.17) is 0 Å². The smallest absolute Gasteiger partial charge is 0.315 e. The number of carbonyl (C=O) groups is 2. The molecule has 1 unspecified atom stereocenters. The van der Waals surface area contributed by atoms with Crippen molar-refractivity contribution in [3.8, 4) is 0 Å². The van der Waals surface area contributed by atoms with Crippen LogP contribution in [0.3, 0.4) is 0 Å². The molecule has 0 spiro atoms. The van der Waals surface area contributed by atoms with Crippen LogP contribution in [-0.4, -0.2) is 30.6 Å². The van der Waals surface area contributed by atoms with E-state index in [1.165, 1.54) is 57.8 Å². The van der Waals surface area contributed by atoms with Crippen LogP contribution >= 0.6 is 0 Å². The average Bonchev–Trinajstić information content (AvgIpc) is 2.65. The summed E-state index contributed by atoms with van der Waals surface area (Å²) in [6.07, 6.45) is 15.4. The third kappa shape index (κ3) is 4.65. The molecule has 3 N–H and O–H groups in total. The van der Waals surface area contributed by atoms with Gasteiger partial charge in [0.25, 0.3) is 0 Å². The number of urea groups is 1. The molecule has 5 rings (SSSR count). The topological polar surface area (TPSA) is 70.2 Å². The Morgan fingerprint density at radius 3 is 2.18 bits per heavy atom. The Morgan fingerprint density at radius 2 is 1.57 bits per heavy atom. The number of rotatable bonds is 7. The van der Waals surface area contributed by atoms with Crippen LogP contribution in [0.25, 0.3) is 0 Å². The maximum atomic E-state index is 12.5. The number of hydrogen-bond acceptors (Lipinski definition) is 2. The van der Waals surface area contributed by atoms with Crippen LogP contribution in [0.5, 0.6) is 0 Å². The predicted molar refractivity (Wildman–Crippen MR) is 111 cm³/mol. The van der Waals surface area contributed by atoms with Gasteiger partial charge in [-0.05, 0) is 87.9 Å². The van der Waals surface area contributed by atoms with E-state index in [2.05, 4.69) is 22.9 Å². The molecule has 0 aliphatic heterocycles. The summed E-state index contributed by atoms with van der Waals surface area (Å²) < 4.78 is 0. The molecule has 5 aliphatic rings. The van der Waals surface area contributed by atoms with Gasteiger partial charge in [0.15, 0.2) is 0 Å². The van der Waals surface area contributed by atoms with Crippen molar-refractivity contribution in [2.24, 2.45) is 23.2 Å². The van der Waals surface area contributed by atoms with Gasteiger partial charge >= 0.3 is 6.03 Å². The van der Waals surface area contributed by atoms with Gasteiger partial charge < -0.3 is 16.0 Å². The van der Waals surface area contributed by atoms with Crippen molar-refractivity contribution in [1.29, 1.82) is 0 Å². The first-order chi connectivity index (χ1) is 13.5. The lowest BCUT2D eigenvalue weighted by atomic mass is 9.48. The van der Waals surface area contributed by atoms with Gasteiger partial charge in [0.2, 0.25) is 5.91 Å². The number of amides is 3. The summed E-state index contributed by atoms with van der Waals surface area (Å²) in [5.41, 5.74) is 0.364. The maximum Gasteiger partial charge on any atom is 0.315 e. The largest absolute Gasteiger partial charge is 0.353 e. The van der Waals surface area contributed by atoms with E-state index in [9.17, 15) is 9.59 Å². The zero-order chi connectivity index (χ0) is 19.6. The Bertz CT molecular complexity index is 535. The van der Waals surface area contributed by atoms with E-state index in [-0.39, 0.29) is 18.0 Å². The zero-order valence-corrected chi connectivity index (χ0v) is 17.6. The van der Waals surface area contributed by atoms with Gasteiger partial charge in [-0.25, -0.2) is 4.79 Å². The second-order valence-electron chi connectivity index (χ2n) is 10.4. The van der Waals surface area contributed by atoms with Crippen molar-refractivity contribution in [3.63, 3.8) is 0 Å². The van der Waals surface area contributed by atoms with Crippen molar-refractivity contribution in [2.45, 2.75) is 102 Å².